The molecule has 1 aliphatic rings. The van der Waals surface area contributed by atoms with Crippen LogP contribution in [0.4, 0.5) is 0 Å². The minimum Gasteiger partial charge on any atom is -0.479 e. The minimum absolute atomic E-state index is 0.00280. The Kier molecular flexibility index (Phi) is 3.84. The third-order valence-electron chi connectivity index (χ3n) is 2.15. The van der Waals surface area contributed by atoms with Crippen LogP contribution in [-0.4, -0.2) is 47.8 Å². The molecule has 1 aliphatic heterocycles. The molecule has 1 unspecified atom stereocenters. The van der Waals surface area contributed by atoms with Crippen LogP contribution < -0.4 is 10.6 Å². The average molecular weight is 202 g/mol. The summed E-state index contributed by atoms with van der Waals surface area (Å²) in [6, 6.07) is 0. The van der Waals surface area contributed by atoms with Gasteiger partial charge in [0, 0.05) is 26.1 Å². The van der Waals surface area contributed by atoms with Crippen LogP contribution in [0.15, 0.2) is 0 Å². The smallest absolute Gasteiger partial charge is 0.332 e. The molecule has 4 N–H and O–H groups in total. The van der Waals surface area contributed by atoms with Crippen molar-refractivity contribution in [3.8, 4) is 0 Å². The predicted molar refractivity (Wildman–Crippen MR) is 47.6 cm³/mol. The molecule has 1 rings (SSSR count). The Bertz CT molecular complexity index is 227. The molecule has 0 aromatic carbocycles. The van der Waals surface area contributed by atoms with Gasteiger partial charge in [0.15, 0.2) is 6.10 Å². The quantitative estimate of drug-likeness (QED) is 0.420. The summed E-state index contributed by atoms with van der Waals surface area (Å²) < 4.78 is 0. The van der Waals surface area contributed by atoms with Crippen molar-refractivity contribution in [2.24, 2.45) is 5.92 Å². The molecular weight excluding hydrogens is 188 g/mol. The number of aliphatic hydroxyl groups excluding tert-OH is 1. The van der Waals surface area contributed by atoms with Crippen LogP contribution in [0.25, 0.3) is 0 Å². The molecule has 0 spiro atoms. The van der Waals surface area contributed by atoms with Gasteiger partial charge in [-0.15, -0.1) is 0 Å². The Morgan fingerprint density at radius 1 is 1.50 bits per heavy atom. The van der Waals surface area contributed by atoms with Crippen molar-refractivity contribution in [2.75, 3.05) is 19.6 Å². The van der Waals surface area contributed by atoms with E-state index in [2.05, 4.69) is 10.6 Å². The maximum atomic E-state index is 11.2. The van der Waals surface area contributed by atoms with Gasteiger partial charge in [0.1, 0.15) is 0 Å². The summed E-state index contributed by atoms with van der Waals surface area (Å²) in [6.45, 7) is 1.55. The first-order chi connectivity index (χ1) is 6.61. The lowest BCUT2D eigenvalue weighted by Crippen LogP contribution is -2.51. The summed E-state index contributed by atoms with van der Waals surface area (Å²) in [5.41, 5.74) is 0. The number of aliphatic hydroxyl groups is 1. The lowest BCUT2D eigenvalue weighted by atomic mass is 10.0. The van der Waals surface area contributed by atoms with E-state index in [1.807, 2.05) is 0 Å². The molecule has 0 radical (unpaired) electrons. The molecule has 14 heavy (non-hydrogen) atoms. The van der Waals surface area contributed by atoms with Crippen LogP contribution in [0, 0.1) is 5.92 Å². The second-order valence-corrected chi connectivity index (χ2v) is 3.29. The van der Waals surface area contributed by atoms with Gasteiger partial charge in [-0.05, 0) is 0 Å². The van der Waals surface area contributed by atoms with Gasteiger partial charge in [-0.25, -0.2) is 4.79 Å². The van der Waals surface area contributed by atoms with Gasteiger partial charge in [-0.3, -0.25) is 4.79 Å². The number of aliphatic carboxylic acids is 1. The molecule has 1 heterocycles. The van der Waals surface area contributed by atoms with Gasteiger partial charge in [0.2, 0.25) is 5.91 Å². The van der Waals surface area contributed by atoms with E-state index < -0.39 is 12.1 Å². The molecule has 6 nitrogen and oxygen atoms in total. The molecule has 1 fully saturated rings. The zero-order valence-corrected chi connectivity index (χ0v) is 7.69. The maximum Gasteiger partial charge on any atom is 0.332 e. The minimum atomic E-state index is -1.39. The topological polar surface area (TPSA) is 98.7 Å². The Labute approximate surface area is 81.3 Å². The van der Waals surface area contributed by atoms with Gasteiger partial charge >= 0.3 is 5.97 Å². The van der Waals surface area contributed by atoms with E-state index >= 15 is 0 Å². The Morgan fingerprint density at radius 2 is 2.14 bits per heavy atom. The molecule has 6 heteroatoms. The van der Waals surface area contributed by atoms with Crippen molar-refractivity contribution < 1.29 is 19.8 Å². The van der Waals surface area contributed by atoms with Crippen LogP contribution in [0.5, 0.6) is 0 Å². The van der Waals surface area contributed by atoms with Crippen molar-refractivity contribution in [1.29, 1.82) is 0 Å². The second kappa shape index (κ2) is 4.92. The largest absolute Gasteiger partial charge is 0.479 e. The Balaban J connectivity index is 2.08. The monoisotopic (exact) mass is 202 g/mol. The molecule has 0 aromatic rings. The summed E-state index contributed by atoms with van der Waals surface area (Å²) >= 11 is 0. The standard InChI is InChI=1S/C8H14N2O4/c11-6(8(13)14)1-2-10-7(12)5-3-9-4-5/h5-6,9,11H,1-4H2,(H,10,12)(H,13,14). The summed E-state index contributed by atoms with van der Waals surface area (Å²) in [5, 5.41) is 22.8. The molecule has 1 atom stereocenters. The normalized spacial score (nSPS) is 18.4. The van der Waals surface area contributed by atoms with E-state index in [0.717, 1.165) is 0 Å². The van der Waals surface area contributed by atoms with Crippen LogP contribution in [0.2, 0.25) is 0 Å². The number of carbonyl (C=O) groups is 2. The highest BCUT2D eigenvalue weighted by Crippen LogP contribution is 2.01. The zero-order valence-electron chi connectivity index (χ0n) is 7.69. The predicted octanol–water partition coefficient (Wildman–Crippen LogP) is -1.84. The highest BCUT2D eigenvalue weighted by molar-refractivity contribution is 5.80. The summed E-state index contributed by atoms with van der Waals surface area (Å²) in [4.78, 5) is 21.4. The molecule has 0 bridgehead atoms. The van der Waals surface area contributed by atoms with E-state index in [9.17, 15) is 9.59 Å². The van der Waals surface area contributed by atoms with Crippen molar-refractivity contribution in [1.82, 2.24) is 10.6 Å². The Hall–Kier alpha value is -1.14. The summed E-state index contributed by atoms with van der Waals surface area (Å²) in [7, 11) is 0. The van der Waals surface area contributed by atoms with Crippen LogP contribution >= 0.6 is 0 Å². The molecule has 0 aliphatic carbocycles. The molecule has 1 saturated heterocycles. The fourth-order valence-corrected chi connectivity index (χ4v) is 1.07. The number of hydrogen-bond donors (Lipinski definition) is 4. The maximum absolute atomic E-state index is 11.2. The molecule has 1 amide bonds. The molecule has 0 saturated carbocycles. The second-order valence-electron chi connectivity index (χ2n) is 3.29. The number of amides is 1. The van der Waals surface area contributed by atoms with Gasteiger partial charge in [0.25, 0.3) is 0 Å². The number of hydrogen-bond acceptors (Lipinski definition) is 4. The average Bonchev–Trinajstić information content (AvgIpc) is 2.00. The SMILES string of the molecule is O=C(O)C(O)CCNC(=O)C1CNC1. The third-order valence-corrected chi connectivity index (χ3v) is 2.15. The van der Waals surface area contributed by atoms with Crippen molar-refractivity contribution >= 4 is 11.9 Å². The van der Waals surface area contributed by atoms with Gasteiger partial charge in [-0.1, -0.05) is 0 Å². The van der Waals surface area contributed by atoms with Crippen LogP contribution in [0.3, 0.4) is 0 Å². The van der Waals surface area contributed by atoms with E-state index in [-0.39, 0.29) is 24.8 Å². The number of carboxylic acids is 1. The first-order valence-corrected chi connectivity index (χ1v) is 4.50. The number of rotatable bonds is 5. The number of carboxylic acid groups (broad SMARTS) is 1. The third kappa shape index (κ3) is 2.97. The molecule has 80 valence electrons. The van der Waals surface area contributed by atoms with Crippen molar-refractivity contribution in [3.63, 3.8) is 0 Å². The highest BCUT2D eigenvalue weighted by Gasteiger charge is 2.24. The summed E-state index contributed by atoms with van der Waals surface area (Å²) in [6.07, 6.45) is -1.35. The fraction of sp³-hybridized carbons (Fsp3) is 0.750. The van der Waals surface area contributed by atoms with E-state index in [1.165, 1.54) is 0 Å². The van der Waals surface area contributed by atoms with Crippen molar-refractivity contribution in [3.05, 3.63) is 0 Å². The van der Waals surface area contributed by atoms with Gasteiger partial charge in [-0.2, -0.15) is 0 Å². The van der Waals surface area contributed by atoms with Crippen LogP contribution in [0.1, 0.15) is 6.42 Å². The van der Waals surface area contributed by atoms with Crippen LogP contribution in [-0.2, 0) is 9.59 Å². The van der Waals surface area contributed by atoms with Gasteiger partial charge in [0.05, 0.1) is 5.92 Å². The first kappa shape index (κ1) is 10.9. The fourth-order valence-electron chi connectivity index (χ4n) is 1.07. The van der Waals surface area contributed by atoms with E-state index in [4.69, 9.17) is 10.2 Å². The lowest BCUT2D eigenvalue weighted by molar-refractivity contribution is -0.147. The Morgan fingerprint density at radius 3 is 2.57 bits per heavy atom. The van der Waals surface area contributed by atoms with Gasteiger partial charge < -0.3 is 20.8 Å². The van der Waals surface area contributed by atoms with E-state index in [1.54, 1.807) is 0 Å². The summed E-state index contributed by atoms with van der Waals surface area (Å²) in [5.74, 6) is -1.34. The molecular formula is C8H14N2O4. The van der Waals surface area contributed by atoms with E-state index in [0.29, 0.717) is 13.1 Å². The van der Waals surface area contributed by atoms with Crippen molar-refractivity contribution in [2.45, 2.75) is 12.5 Å². The molecule has 0 aromatic heterocycles. The lowest BCUT2D eigenvalue weighted by Gasteiger charge is -2.25. The highest BCUT2D eigenvalue weighted by atomic mass is 16.4. The number of nitrogens with one attached hydrogen (secondary N) is 2. The number of carbonyl (C=O) groups excluding carboxylic acids is 1. The zero-order chi connectivity index (χ0) is 10.6. The first-order valence-electron chi connectivity index (χ1n) is 4.50.